The van der Waals surface area contributed by atoms with Crippen LogP contribution in [0.2, 0.25) is 5.02 Å². The Balaban J connectivity index is 1.31. The number of carbonyl (C=O) groups excluding carboxylic acids is 2. The highest BCUT2D eigenvalue weighted by Crippen LogP contribution is 2.68. The molecule has 3 aromatic heterocycles. The molecule has 2 aromatic carbocycles. The Bertz CT molecular complexity index is 2340. The van der Waals surface area contributed by atoms with Gasteiger partial charge in [-0.1, -0.05) is 17.7 Å². The third-order valence-electron chi connectivity index (χ3n) is 8.91. The van der Waals surface area contributed by atoms with Crippen LogP contribution >= 0.6 is 11.6 Å². The van der Waals surface area contributed by atoms with Gasteiger partial charge >= 0.3 is 0 Å². The number of rotatable bonds is 11. The molecule has 2 aliphatic rings. The van der Waals surface area contributed by atoms with Gasteiger partial charge in [-0.25, -0.2) is 31.0 Å². The summed E-state index contributed by atoms with van der Waals surface area (Å²) in [4.78, 5) is 31.2. The number of sulfone groups is 1. The predicted octanol–water partition coefficient (Wildman–Crippen LogP) is 6.23. The Hall–Kier alpha value is -4.77. The van der Waals surface area contributed by atoms with Gasteiger partial charge in [0.05, 0.1) is 28.5 Å². The van der Waals surface area contributed by atoms with Crippen LogP contribution in [0.4, 0.5) is 26.3 Å². The van der Waals surface area contributed by atoms with Crippen molar-refractivity contribution in [1.29, 1.82) is 0 Å². The minimum Gasteiger partial charge on any atom is -0.346 e. The van der Waals surface area contributed by atoms with Crippen LogP contribution in [0.3, 0.4) is 0 Å². The van der Waals surface area contributed by atoms with Crippen LogP contribution in [0.25, 0.3) is 22.2 Å². The average Bonchev–Trinajstić information content (AvgIpc) is 3.44. The molecule has 0 radical (unpaired) electrons. The molecule has 51 heavy (non-hydrogen) atoms. The molecule has 2 N–H and O–H groups in total. The number of aromatic nitrogens is 5. The number of nitrogens with zero attached hydrogens (tertiary/aromatic N) is 4. The lowest BCUT2D eigenvalue weighted by atomic mass is 9.93. The Morgan fingerprint density at radius 2 is 1.82 bits per heavy atom. The van der Waals surface area contributed by atoms with Crippen LogP contribution < -0.4 is 5.32 Å². The Morgan fingerprint density at radius 1 is 1.10 bits per heavy atom. The standard InChI is InChI=1S/C33H25ClF6N6O4S/c1-51(49,50)13-26(47)20-7-15(2-3-22(20)34)18-10-23-25(11-41-44-23)43-29(18)24(6-14-4-16(35)8-17(36)5-14)42-27(48)12-46-31-28(30(45-46)32(37)38)19-9-21(19)33(31,39)40/h2-5,7-8,10-11,19,21,24,32H,6,9,12-13H2,1H3,(H,41,44)(H,42,48)/t19-,21?,24?/m0/s1. The number of halogens is 7. The van der Waals surface area contributed by atoms with E-state index in [-0.39, 0.29) is 56.9 Å². The number of aromatic amines is 1. The van der Waals surface area contributed by atoms with Crippen molar-refractivity contribution in [2.75, 3.05) is 12.0 Å². The molecule has 0 bridgehead atoms. The Morgan fingerprint density at radius 3 is 2.51 bits per heavy atom. The second-order valence-corrected chi connectivity index (χ2v) is 15.2. The lowest BCUT2D eigenvalue weighted by molar-refractivity contribution is -0.123. The molecule has 3 atom stereocenters. The van der Waals surface area contributed by atoms with E-state index in [9.17, 15) is 35.6 Å². The van der Waals surface area contributed by atoms with Crippen LogP contribution in [0.5, 0.6) is 0 Å². The van der Waals surface area contributed by atoms with Crippen LogP contribution in [0.15, 0.2) is 48.7 Å². The second kappa shape index (κ2) is 12.5. The molecular weight excluding hydrogens is 726 g/mol. The van der Waals surface area contributed by atoms with Crippen molar-refractivity contribution < 1.29 is 44.3 Å². The van der Waals surface area contributed by atoms with Crippen LogP contribution in [-0.2, 0) is 33.5 Å². The molecule has 3 heterocycles. The maximum Gasteiger partial charge on any atom is 0.293 e. The molecule has 2 unspecified atom stereocenters. The van der Waals surface area contributed by atoms with Crippen molar-refractivity contribution in [2.45, 2.75) is 43.7 Å². The summed E-state index contributed by atoms with van der Waals surface area (Å²) in [6.07, 6.45) is -1.19. The van der Waals surface area contributed by atoms with E-state index in [0.717, 1.165) is 18.4 Å². The maximum absolute atomic E-state index is 15.2. The van der Waals surface area contributed by atoms with Crippen molar-refractivity contribution in [3.05, 3.63) is 99.1 Å². The minimum absolute atomic E-state index is 0.0288. The second-order valence-electron chi connectivity index (χ2n) is 12.7. The molecule has 10 nitrogen and oxygen atoms in total. The normalized spacial score (nSPS) is 18.1. The molecule has 266 valence electrons. The lowest BCUT2D eigenvalue weighted by Gasteiger charge is -2.23. The summed E-state index contributed by atoms with van der Waals surface area (Å²) in [5.41, 5.74) is -0.635. The number of Topliss-reactive ketones (excluding diaryl/α,β-unsaturated/α-hetero) is 1. The molecule has 0 spiro atoms. The summed E-state index contributed by atoms with van der Waals surface area (Å²) in [7, 11) is -3.74. The quantitative estimate of drug-likeness (QED) is 0.121. The maximum atomic E-state index is 15.2. The summed E-state index contributed by atoms with van der Waals surface area (Å²) in [6.45, 7) is -0.896. The van der Waals surface area contributed by atoms with Crippen LogP contribution in [0.1, 0.15) is 63.4 Å². The van der Waals surface area contributed by atoms with E-state index < -0.39 is 87.1 Å². The van der Waals surface area contributed by atoms with Crippen LogP contribution in [-0.4, -0.2) is 57.1 Å². The van der Waals surface area contributed by atoms with Gasteiger partial charge in [-0.2, -0.15) is 19.0 Å². The first-order valence-corrected chi connectivity index (χ1v) is 17.8. The number of H-pyrrole nitrogens is 1. The molecule has 0 aliphatic heterocycles. The number of nitrogens with one attached hydrogen (secondary N) is 2. The molecule has 0 saturated heterocycles. The zero-order chi connectivity index (χ0) is 36.6. The third kappa shape index (κ3) is 6.59. The predicted molar refractivity (Wildman–Crippen MR) is 171 cm³/mol. The fourth-order valence-electron chi connectivity index (χ4n) is 6.75. The highest BCUT2D eigenvalue weighted by molar-refractivity contribution is 7.91. The Labute approximate surface area is 290 Å². The zero-order valence-electron chi connectivity index (χ0n) is 26.2. The van der Waals surface area contributed by atoms with Crippen molar-refractivity contribution in [2.24, 2.45) is 5.92 Å². The number of hydrogen-bond donors (Lipinski definition) is 2. The van der Waals surface area contributed by atoms with Gasteiger partial charge < -0.3 is 5.32 Å². The fraction of sp³-hybridized carbons (Fsp3) is 0.303. The van der Waals surface area contributed by atoms with Gasteiger partial charge in [0.2, 0.25) is 5.91 Å². The fourth-order valence-corrected chi connectivity index (χ4v) is 7.60. The van der Waals surface area contributed by atoms with Gasteiger partial charge in [0.15, 0.2) is 15.6 Å². The summed E-state index contributed by atoms with van der Waals surface area (Å²) >= 11 is 6.28. The summed E-state index contributed by atoms with van der Waals surface area (Å²) in [5, 5.41) is 13.0. The number of amides is 1. The van der Waals surface area contributed by atoms with Crippen LogP contribution in [0, 0.1) is 17.6 Å². The van der Waals surface area contributed by atoms with E-state index in [2.05, 4.69) is 25.6 Å². The summed E-state index contributed by atoms with van der Waals surface area (Å²) in [6, 6.07) is 7.16. The smallest absolute Gasteiger partial charge is 0.293 e. The largest absolute Gasteiger partial charge is 0.346 e. The lowest BCUT2D eigenvalue weighted by Crippen LogP contribution is -2.35. The van der Waals surface area contributed by atoms with Gasteiger partial charge in [-0.3, -0.25) is 19.4 Å². The molecule has 2 aliphatic carbocycles. The molecule has 5 aromatic rings. The van der Waals surface area contributed by atoms with Gasteiger partial charge in [-0.05, 0) is 60.2 Å². The number of benzene rings is 2. The van der Waals surface area contributed by atoms with Crippen molar-refractivity contribution in [1.82, 2.24) is 30.3 Å². The Kier molecular flexibility index (Phi) is 8.48. The summed E-state index contributed by atoms with van der Waals surface area (Å²) in [5.74, 6) is -9.87. The van der Waals surface area contributed by atoms with Crippen molar-refractivity contribution >= 4 is 44.2 Å². The van der Waals surface area contributed by atoms with Gasteiger partial charge in [-0.15, -0.1) is 0 Å². The first-order valence-electron chi connectivity index (χ1n) is 15.4. The number of ketones is 1. The van der Waals surface area contributed by atoms with E-state index in [1.807, 2.05) is 0 Å². The number of fused-ring (bicyclic) bond motifs is 4. The highest BCUT2D eigenvalue weighted by Gasteiger charge is 2.67. The van der Waals surface area contributed by atoms with Gasteiger partial charge in [0.1, 0.15) is 40.8 Å². The highest BCUT2D eigenvalue weighted by atomic mass is 35.5. The summed E-state index contributed by atoms with van der Waals surface area (Å²) < 4.78 is 111. The SMILES string of the molecule is CS(=O)(=O)CC(=O)c1cc(-c2cc3[nH]ncc3nc2C(Cc2cc(F)cc(F)c2)NC(=O)Cn2nc(C(F)F)c3c2C(F)(F)C2C[C@H]32)ccc1Cl. The van der Waals surface area contributed by atoms with Gasteiger partial charge in [0, 0.05) is 34.9 Å². The first-order chi connectivity index (χ1) is 24.0. The van der Waals surface area contributed by atoms with E-state index in [0.29, 0.717) is 16.3 Å². The van der Waals surface area contributed by atoms with Gasteiger partial charge in [0.25, 0.3) is 12.3 Å². The molecule has 1 saturated carbocycles. The molecule has 18 heteroatoms. The van der Waals surface area contributed by atoms with E-state index in [1.165, 1.54) is 24.4 Å². The molecule has 1 amide bonds. The zero-order valence-corrected chi connectivity index (χ0v) is 27.8. The minimum atomic E-state index is -3.74. The van der Waals surface area contributed by atoms with Crippen molar-refractivity contribution in [3.8, 4) is 11.1 Å². The number of hydrogen-bond acceptors (Lipinski definition) is 7. The monoisotopic (exact) mass is 750 g/mol. The molecule has 7 rings (SSSR count). The van der Waals surface area contributed by atoms with E-state index in [4.69, 9.17) is 11.6 Å². The topological polar surface area (TPSA) is 140 Å². The average molecular weight is 751 g/mol. The molecule has 1 fully saturated rings. The van der Waals surface area contributed by atoms with Crippen molar-refractivity contribution in [3.63, 3.8) is 0 Å². The van der Waals surface area contributed by atoms with E-state index >= 15 is 8.78 Å². The third-order valence-corrected chi connectivity index (χ3v) is 10.0. The first kappa shape index (κ1) is 34.7. The number of carbonyl (C=O) groups is 2. The van der Waals surface area contributed by atoms with E-state index in [1.54, 1.807) is 6.07 Å². The molecular formula is C33H25ClF6N6O4S. The number of pyridine rings is 1. The number of alkyl halides is 4.